The third-order valence-corrected chi connectivity index (χ3v) is 2.44. The third kappa shape index (κ3) is 2.00. The number of hydrogen-bond acceptors (Lipinski definition) is 0. The SMILES string of the molecule is C=Cc1c(CC)cccc1C(C)C. The molecular formula is C13H18. The van der Waals surface area contributed by atoms with Crippen LogP contribution in [0, 0.1) is 0 Å². The molecule has 1 rings (SSSR count). The zero-order valence-corrected chi connectivity index (χ0v) is 8.80. The highest BCUT2D eigenvalue weighted by molar-refractivity contribution is 5.57. The molecule has 13 heavy (non-hydrogen) atoms. The van der Waals surface area contributed by atoms with Crippen LogP contribution in [0.1, 0.15) is 43.4 Å². The molecule has 0 N–H and O–H groups in total. The van der Waals surface area contributed by atoms with Gasteiger partial charge in [0.25, 0.3) is 0 Å². The summed E-state index contributed by atoms with van der Waals surface area (Å²) in [6.07, 6.45) is 3.07. The quantitative estimate of drug-likeness (QED) is 0.649. The van der Waals surface area contributed by atoms with E-state index in [1.165, 1.54) is 16.7 Å². The monoisotopic (exact) mass is 174 g/mol. The van der Waals surface area contributed by atoms with Crippen LogP contribution in [-0.2, 0) is 6.42 Å². The van der Waals surface area contributed by atoms with E-state index in [4.69, 9.17) is 0 Å². The van der Waals surface area contributed by atoms with Crippen molar-refractivity contribution in [3.8, 4) is 0 Å². The van der Waals surface area contributed by atoms with Crippen molar-refractivity contribution in [1.82, 2.24) is 0 Å². The summed E-state index contributed by atoms with van der Waals surface area (Å²) >= 11 is 0. The van der Waals surface area contributed by atoms with Crippen LogP contribution in [0.5, 0.6) is 0 Å². The number of benzene rings is 1. The van der Waals surface area contributed by atoms with Crippen LogP contribution in [0.3, 0.4) is 0 Å². The highest BCUT2D eigenvalue weighted by Gasteiger charge is 2.06. The first-order chi connectivity index (χ1) is 6.20. The maximum atomic E-state index is 3.88. The number of hydrogen-bond donors (Lipinski definition) is 0. The smallest absolute Gasteiger partial charge is 0.0196 e. The molecular weight excluding hydrogens is 156 g/mol. The molecule has 0 heterocycles. The zero-order valence-electron chi connectivity index (χ0n) is 8.80. The molecule has 0 amide bonds. The van der Waals surface area contributed by atoms with Gasteiger partial charge in [-0.3, -0.25) is 0 Å². The van der Waals surface area contributed by atoms with E-state index in [0.29, 0.717) is 5.92 Å². The molecule has 0 aliphatic carbocycles. The second-order valence-corrected chi connectivity index (χ2v) is 3.63. The lowest BCUT2D eigenvalue weighted by molar-refractivity contribution is 0.859. The topological polar surface area (TPSA) is 0 Å². The first kappa shape index (κ1) is 10.0. The van der Waals surface area contributed by atoms with E-state index in [9.17, 15) is 0 Å². The minimum Gasteiger partial charge on any atom is -0.0984 e. The van der Waals surface area contributed by atoms with E-state index in [0.717, 1.165) is 6.42 Å². The second kappa shape index (κ2) is 4.27. The van der Waals surface area contributed by atoms with E-state index in [1.54, 1.807) is 0 Å². The summed E-state index contributed by atoms with van der Waals surface area (Å²) < 4.78 is 0. The lowest BCUT2D eigenvalue weighted by atomic mass is 9.92. The fourth-order valence-corrected chi connectivity index (χ4v) is 1.69. The summed E-state index contributed by atoms with van der Waals surface area (Å²) in [6, 6.07) is 6.52. The van der Waals surface area contributed by atoms with E-state index in [2.05, 4.69) is 45.5 Å². The Morgan fingerprint density at radius 3 is 2.54 bits per heavy atom. The molecule has 0 fully saturated rings. The van der Waals surface area contributed by atoms with Gasteiger partial charge in [0.2, 0.25) is 0 Å². The van der Waals surface area contributed by atoms with E-state index in [1.807, 2.05) is 6.08 Å². The first-order valence-corrected chi connectivity index (χ1v) is 4.94. The molecule has 1 aromatic carbocycles. The van der Waals surface area contributed by atoms with E-state index in [-0.39, 0.29) is 0 Å². The molecule has 70 valence electrons. The average molecular weight is 174 g/mol. The van der Waals surface area contributed by atoms with Gasteiger partial charge in [-0.15, -0.1) is 0 Å². The predicted octanol–water partition coefficient (Wildman–Crippen LogP) is 4.02. The molecule has 0 heteroatoms. The van der Waals surface area contributed by atoms with E-state index >= 15 is 0 Å². The lowest BCUT2D eigenvalue weighted by Gasteiger charge is -2.13. The number of aryl methyl sites for hydroxylation is 1. The predicted molar refractivity (Wildman–Crippen MR) is 60.0 cm³/mol. The maximum absolute atomic E-state index is 3.88. The molecule has 0 aliphatic rings. The van der Waals surface area contributed by atoms with Gasteiger partial charge in [-0.1, -0.05) is 51.6 Å². The Balaban J connectivity index is 3.27. The van der Waals surface area contributed by atoms with Crippen LogP contribution < -0.4 is 0 Å². The van der Waals surface area contributed by atoms with Crippen molar-refractivity contribution in [1.29, 1.82) is 0 Å². The van der Waals surface area contributed by atoms with Crippen molar-refractivity contribution in [2.75, 3.05) is 0 Å². The summed E-state index contributed by atoms with van der Waals surface area (Å²) in [7, 11) is 0. The van der Waals surface area contributed by atoms with Crippen molar-refractivity contribution in [3.63, 3.8) is 0 Å². The van der Waals surface area contributed by atoms with Crippen LogP contribution >= 0.6 is 0 Å². The summed E-state index contributed by atoms with van der Waals surface area (Å²) in [4.78, 5) is 0. The van der Waals surface area contributed by atoms with Gasteiger partial charge in [-0.25, -0.2) is 0 Å². The standard InChI is InChI=1S/C13H18/c1-5-11-8-7-9-13(10(3)4)12(11)6-2/h6-10H,2,5H2,1,3-4H3. The van der Waals surface area contributed by atoms with Gasteiger partial charge in [0.1, 0.15) is 0 Å². The summed E-state index contributed by atoms with van der Waals surface area (Å²) in [6.45, 7) is 10.5. The molecule has 0 saturated heterocycles. The molecule has 0 bridgehead atoms. The van der Waals surface area contributed by atoms with Crippen molar-refractivity contribution in [3.05, 3.63) is 41.5 Å². The Kier molecular flexibility index (Phi) is 3.30. The van der Waals surface area contributed by atoms with Crippen LogP contribution in [0.4, 0.5) is 0 Å². The maximum Gasteiger partial charge on any atom is -0.0196 e. The van der Waals surface area contributed by atoms with Gasteiger partial charge in [-0.2, -0.15) is 0 Å². The zero-order chi connectivity index (χ0) is 9.84. The Bertz CT molecular complexity index is 295. The molecule has 0 aliphatic heterocycles. The van der Waals surface area contributed by atoms with Crippen molar-refractivity contribution < 1.29 is 0 Å². The molecule has 0 aromatic heterocycles. The van der Waals surface area contributed by atoms with Gasteiger partial charge >= 0.3 is 0 Å². The highest BCUT2D eigenvalue weighted by atomic mass is 14.1. The fraction of sp³-hybridized carbons (Fsp3) is 0.385. The minimum absolute atomic E-state index is 0.583. The summed E-state index contributed by atoms with van der Waals surface area (Å²) in [5.41, 5.74) is 4.15. The van der Waals surface area contributed by atoms with Crippen LogP contribution in [0.2, 0.25) is 0 Å². The minimum atomic E-state index is 0.583. The Labute approximate surface area is 81.3 Å². The van der Waals surface area contributed by atoms with Gasteiger partial charge in [0, 0.05) is 0 Å². The number of rotatable bonds is 3. The molecule has 1 aromatic rings. The molecule has 0 radical (unpaired) electrons. The van der Waals surface area contributed by atoms with Crippen LogP contribution in [0.25, 0.3) is 6.08 Å². The molecule has 0 nitrogen and oxygen atoms in total. The van der Waals surface area contributed by atoms with Crippen molar-refractivity contribution in [2.24, 2.45) is 0 Å². The Morgan fingerprint density at radius 2 is 2.08 bits per heavy atom. The van der Waals surface area contributed by atoms with Crippen LogP contribution in [-0.4, -0.2) is 0 Å². The van der Waals surface area contributed by atoms with Crippen molar-refractivity contribution >= 4 is 6.08 Å². The van der Waals surface area contributed by atoms with Gasteiger partial charge in [-0.05, 0) is 29.0 Å². The Hall–Kier alpha value is -1.04. The molecule has 0 unspecified atom stereocenters. The normalized spacial score (nSPS) is 10.5. The average Bonchev–Trinajstić information content (AvgIpc) is 2.16. The van der Waals surface area contributed by atoms with Gasteiger partial charge in [0.05, 0.1) is 0 Å². The van der Waals surface area contributed by atoms with Crippen molar-refractivity contribution in [2.45, 2.75) is 33.1 Å². The van der Waals surface area contributed by atoms with Gasteiger partial charge in [0.15, 0.2) is 0 Å². The third-order valence-electron chi connectivity index (χ3n) is 2.44. The molecule has 0 spiro atoms. The molecule has 0 atom stereocenters. The molecule has 0 saturated carbocycles. The second-order valence-electron chi connectivity index (χ2n) is 3.63. The van der Waals surface area contributed by atoms with E-state index < -0.39 is 0 Å². The van der Waals surface area contributed by atoms with Gasteiger partial charge < -0.3 is 0 Å². The Morgan fingerprint density at radius 1 is 1.38 bits per heavy atom. The lowest BCUT2D eigenvalue weighted by Crippen LogP contribution is -1.96. The highest BCUT2D eigenvalue weighted by Crippen LogP contribution is 2.23. The fourth-order valence-electron chi connectivity index (χ4n) is 1.69. The summed E-state index contributed by atoms with van der Waals surface area (Å²) in [5, 5.41) is 0. The first-order valence-electron chi connectivity index (χ1n) is 4.94. The van der Waals surface area contributed by atoms with Crippen LogP contribution in [0.15, 0.2) is 24.8 Å². The summed E-state index contributed by atoms with van der Waals surface area (Å²) in [5.74, 6) is 0.583. The largest absolute Gasteiger partial charge is 0.0984 e.